The lowest BCUT2D eigenvalue weighted by molar-refractivity contribution is 0.0681. The van der Waals surface area contributed by atoms with Crippen molar-refractivity contribution in [2.75, 3.05) is 30.4 Å². The van der Waals surface area contributed by atoms with Crippen molar-refractivity contribution in [2.45, 2.75) is 71.4 Å². The third kappa shape index (κ3) is 4.03. The molecule has 8 nitrogen and oxygen atoms in total. The molecule has 1 saturated heterocycles. The standard InChI is InChI=1S/C24H33N7O/c1-15-16(2)26-24(17(3)25-15)20-13-22-28-21(30-11-5-6-12-30)14-23(31(22)29-20)27-18-7-9-19(32-4)10-8-18/h13-14,18-19,27H,5-12H2,1-4H3. The third-order valence-corrected chi connectivity index (χ3v) is 6.93. The van der Waals surface area contributed by atoms with Crippen LogP contribution >= 0.6 is 0 Å². The predicted octanol–water partition coefficient (Wildman–Crippen LogP) is 4.08. The van der Waals surface area contributed by atoms with Crippen LogP contribution in [0.3, 0.4) is 0 Å². The first kappa shape index (κ1) is 21.1. The summed E-state index contributed by atoms with van der Waals surface area (Å²) in [6.07, 6.45) is 7.19. The van der Waals surface area contributed by atoms with Gasteiger partial charge in [-0.1, -0.05) is 0 Å². The van der Waals surface area contributed by atoms with Crippen LogP contribution in [0.2, 0.25) is 0 Å². The summed E-state index contributed by atoms with van der Waals surface area (Å²) in [6.45, 7) is 8.10. The Morgan fingerprint density at radius 1 is 0.906 bits per heavy atom. The van der Waals surface area contributed by atoms with E-state index in [-0.39, 0.29) is 0 Å². The van der Waals surface area contributed by atoms with Crippen LogP contribution in [0.4, 0.5) is 11.6 Å². The molecule has 5 rings (SSSR count). The number of hydrogen-bond acceptors (Lipinski definition) is 7. The summed E-state index contributed by atoms with van der Waals surface area (Å²) in [5.41, 5.74) is 5.27. The van der Waals surface area contributed by atoms with E-state index in [0.717, 1.165) is 84.5 Å². The van der Waals surface area contributed by atoms with Crippen molar-refractivity contribution >= 4 is 17.3 Å². The van der Waals surface area contributed by atoms with Crippen molar-refractivity contribution in [3.63, 3.8) is 0 Å². The largest absolute Gasteiger partial charge is 0.381 e. The van der Waals surface area contributed by atoms with Crippen LogP contribution in [0.1, 0.15) is 55.6 Å². The van der Waals surface area contributed by atoms with Gasteiger partial charge in [0.25, 0.3) is 0 Å². The number of hydrogen-bond donors (Lipinski definition) is 1. The van der Waals surface area contributed by atoms with Crippen molar-refractivity contribution in [3.05, 3.63) is 29.2 Å². The first-order valence-electron chi connectivity index (χ1n) is 11.8. The Bertz CT molecular complexity index is 1110. The minimum Gasteiger partial charge on any atom is -0.381 e. The second kappa shape index (κ2) is 8.65. The number of methoxy groups -OCH3 is 1. The van der Waals surface area contributed by atoms with Gasteiger partial charge in [0.2, 0.25) is 0 Å². The summed E-state index contributed by atoms with van der Waals surface area (Å²) >= 11 is 0. The average molecular weight is 436 g/mol. The Balaban J connectivity index is 1.54. The summed E-state index contributed by atoms with van der Waals surface area (Å²) in [4.78, 5) is 16.8. The minimum atomic E-state index is 0.383. The maximum absolute atomic E-state index is 5.55. The van der Waals surface area contributed by atoms with E-state index in [9.17, 15) is 0 Å². The molecule has 0 unspecified atom stereocenters. The zero-order valence-electron chi connectivity index (χ0n) is 19.6. The summed E-state index contributed by atoms with van der Waals surface area (Å²) in [5, 5.41) is 8.70. The zero-order chi connectivity index (χ0) is 22.2. The van der Waals surface area contributed by atoms with Gasteiger partial charge < -0.3 is 15.0 Å². The molecule has 170 valence electrons. The fraction of sp³-hybridized carbons (Fsp3) is 0.583. The van der Waals surface area contributed by atoms with Crippen LogP contribution in [0.5, 0.6) is 0 Å². The second-order valence-electron chi connectivity index (χ2n) is 9.18. The number of anilines is 2. The molecule has 0 amide bonds. The fourth-order valence-corrected chi connectivity index (χ4v) is 4.90. The highest BCUT2D eigenvalue weighted by Crippen LogP contribution is 2.29. The molecule has 1 aliphatic carbocycles. The molecule has 2 aliphatic rings. The van der Waals surface area contributed by atoms with E-state index < -0.39 is 0 Å². The van der Waals surface area contributed by atoms with Gasteiger partial charge in [-0.2, -0.15) is 9.61 Å². The highest BCUT2D eigenvalue weighted by molar-refractivity contribution is 5.67. The first-order chi connectivity index (χ1) is 15.5. The van der Waals surface area contributed by atoms with Gasteiger partial charge in [-0.3, -0.25) is 4.98 Å². The molecule has 1 N–H and O–H groups in total. The number of nitrogens with one attached hydrogen (secondary N) is 1. The molecular formula is C24H33N7O. The first-order valence-corrected chi connectivity index (χ1v) is 11.8. The maximum atomic E-state index is 5.55. The molecule has 4 heterocycles. The van der Waals surface area contributed by atoms with Crippen LogP contribution in [-0.2, 0) is 4.74 Å². The molecule has 1 aliphatic heterocycles. The molecular weight excluding hydrogens is 402 g/mol. The maximum Gasteiger partial charge on any atom is 0.160 e. The van der Waals surface area contributed by atoms with Crippen molar-refractivity contribution in [1.29, 1.82) is 0 Å². The normalized spacial score (nSPS) is 21.4. The Morgan fingerprint density at radius 2 is 1.62 bits per heavy atom. The molecule has 2 fully saturated rings. The van der Waals surface area contributed by atoms with E-state index in [0.29, 0.717) is 12.1 Å². The smallest absolute Gasteiger partial charge is 0.160 e. The van der Waals surface area contributed by atoms with Crippen LogP contribution in [-0.4, -0.2) is 56.9 Å². The van der Waals surface area contributed by atoms with Gasteiger partial charge in [-0.15, -0.1) is 0 Å². The van der Waals surface area contributed by atoms with Gasteiger partial charge in [0, 0.05) is 38.4 Å². The Kier molecular flexibility index (Phi) is 5.71. The predicted molar refractivity (Wildman–Crippen MR) is 126 cm³/mol. The monoisotopic (exact) mass is 435 g/mol. The summed E-state index contributed by atoms with van der Waals surface area (Å²) < 4.78 is 7.49. The number of ether oxygens (including phenoxy) is 1. The summed E-state index contributed by atoms with van der Waals surface area (Å²) in [7, 11) is 1.82. The molecule has 3 aromatic rings. The van der Waals surface area contributed by atoms with E-state index >= 15 is 0 Å². The summed E-state index contributed by atoms with van der Waals surface area (Å²) in [6, 6.07) is 4.61. The quantitative estimate of drug-likeness (QED) is 0.647. The lowest BCUT2D eigenvalue weighted by Crippen LogP contribution is -2.30. The number of aryl methyl sites for hydroxylation is 3. The molecule has 32 heavy (non-hydrogen) atoms. The van der Waals surface area contributed by atoms with Gasteiger partial charge in [-0.05, 0) is 59.3 Å². The van der Waals surface area contributed by atoms with Crippen molar-refractivity contribution < 1.29 is 4.74 Å². The van der Waals surface area contributed by atoms with E-state index in [1.807, 2.05) is 38.5 Å². The van der Waals surface area contributed by atoms with Gasteiger partial charge in [0.05, 0.1) is 23.2 Å². The number of nitrogens with zero attached hydrogens (tertiary/aromatic N) is 6. The van der Waals surface area contributed by atoms with Crippen molar-refractivity contribution in [3.8, 4) is 11.4 Å². The molecule has 0 aromatic carbocycles. The van der Waals surface area contributed by atoms with Crippen LogP contribution < -0.4 is 10.2 Å². The van der Waals surface area contributed by atoms with E-state index in [2.05, 4.69) is 21.3 Å². The Labute approximate surface area is 189 Å². The Hall–Kier alpha value is -2.74. The lowest BCUT2D eigenvalue weighted by atomic mass is 9.93. The minimum absolute atomic E-state index is 0.383. The van der Waals surface area contributed by atoms with Gasteiger partial charge in [0.15, 0.2) is 5.65 Å². The molecule has 0 radical (unpaired) electrons. The molecule has 3 aromatic heterocycles. The number of fused-ring (bicyclic) bond motifs is 1. The van der Waals surface area contributed by atoms with Crippen LogP contribution in [0.15, 0.2) is 12.1 Å². The number of aromatic nitrogens is 5. The number of rotatable bonds is 5. The SMILES string of the molecule is COC1CCC(Nc2cc(N3CCCC3)nc3cc(-c4nc(C)c(C)nc4C)nn23)CC1. The molecule has 0 atom stereocenters. The van der Waals surface area contributed by atoms with E-state index in [1.54, 1.807) is 0 Å². The van der Waals surface area contributed by atoms with Crippen LogP contribution in [0, 0.1) is 20.8 Å². The van der Waals surface area contributed by atoms with E-state index in [1.165, 1.54) is 12.8 Å². The van der Waals surface area contributed by atoms with Gasteiger partial charge >= 0.3 is 0 Å². The van der Waals surface area contributed by atoms with Gasteiger partial charge in [-0.25, -0.2) is 9.97 Å². The molecule has 0 bridgehead atoms. The lowest BCUT2D eigenvalue weighted by Gasteiger charge is -2.29. The Morgan fingerprint density at radius 3 is 2.34 bits per heavy atom. The molecule has 1 saturated carbocycles. The molecule has 0 spiro atoms. The van der Waals surface area contributed by atoms with Gasteiger partial charge in [0.1, 0.15) is 23.0 Å². The topological polar surface area (TPSA) is 80.5 Å². The fourth-order valence-electron chi connectivity index (χ4n) is 4.90. The average Bonchev–Trinajstić information content (AvgIpc) is 3.47. The third-order valence-electron chi connectivity index (χ3n) is 6.93. The zero-order valence-corrected chi connectivity index (χ0v) is 19.6. The van der Waals surface area contributed by atoms with Crippen LogP contribution in [0.25, 0.3) is 17.0 Å². The second-order valence-corrected chi connectivity index (χ2v) is 9.18. The highest BCUT2D eigenvalue weighted by atomic mass is 16.5. The molecule has 8 heteroatoms. The van der Waals surface area contributed by atoms with Crippen molar-refractivity contribution in [1.82, 2.24) is 24.6 Å². The van der Waals surface area contributed by atoms with Crippen molar-refractivity contribution in [2.24, 2.45) is 0 Å². The van der Waals surface area contributed by atoms with E-state index in [4.69, 9.17) is 19.8 Å². The summed E-state index contributed by atoms with van der Waals surface area (Å²) in [5.74, 6) is 2.02. The highest BCUT2D eigenvalue weighted by Gasteiger charge is 2.24.